The van der Waals surface area contributed by atoms with Crippen LogP contribution in [-0.2, 0) is 0 Å². The Bertz CT molecular complexity index is 463. The molecule has 0 radical (unpaired) electrons. The topological polar surface area (TPSA) is 74.7 Å². The van der Waals surface area contributed by atoms with Crippen LogP contribution in [-0.4, -0.2) is 40.1 Å². The second-order valence-electron chi connectivity index (χ2n) is 4.44. The number of oxime groups is 1. The summed E-state index contributed by atoms with van der Waals surface area (Å²) in [6, 6.07) is 3.73. The number of aryl methyl sites for hydroxylation is 1. The molecule has 1 aromatic heterocycles. The SMILES string of the molecule is Cc1ccc(/C(N)=N/O)c(N2CCSC(C)C2)n1. The molecule has 1 fully saturated rings. The quantitative estimate of drug-likeness (QED) is 0.366. The third-order valence-corrected chi connectivity index (χ3v) is 4.08. The van der Waals surface area contributed by atoms with Crippen LogP contribution in [0.5, 0.6) is 0 Å². The van der Waals surface area contributed by atoms with Crippen molar-refractivity contribution in [1.82, 2.24) is 4.98 Å². The summed E-state index contributed by atoms with van der Waals surface area (Å²) in [6.07, 6.45) is 0. The van der Waals surface area contributed by atoms with Crippen molar-refractivity contribution in [2.24, 2.45) is 10.9 Å². The minimum atomic E-state index is 0.114. The van der Waals surface area contributed by atoms with E-state index in [-0.39, 0.29) is 5.84 Å². The highest BCUT2D eigenvalue weighted by Crippen LogP contribution is 2.25. The van der Waals surface area contributed by atoms with Crippen molar-refractivity contribution in [2.45, 2.75) is 19.1 Å². The van der Waals surface area contributed by atoms with Crippen LogP contribution in [0.1, 0.15) is 18.2 Å². The van der Waals surface area contributed by atoms with Crippen molar-refractivity contribution in [2.75, 3.05) is 23.7 Å². The molecule has 0 aliphatic carbocycles. The maximum Gasteiger partial charge on any atom is 0.173 e. The van der Waals surface area contributed by atoms with Gasteiger partial charge >= 0.3 is 0 Å². The maximum absolute atomic E-state index is 8.84. The van der Waals surface area contributed by atoms with Gasteiger partial charge in [-0.25, -0.2) is 4.98 Å². The number of pyridine rings is 1. The Kier molecular flexibility index (Phi) is 3.96. The molecule has 2 rings (SSSR count). The van der Waals surface area contributed by atoms with E-state index < -0.39 is 0 Å². The molecule has 1 aromatic rings. The molecule has 0 bridgehead atoms. The molecule has 1 aliphatic heterocycles. The molecule has 1 aliphatic rings. The molecule has 1 saturated heterocycles. The molecule has 2 heterocycles. The minimum absolute atomic E-state index is 0.114. The van der Waals surface area contributed by atoms with E-state index in [0.29, 0.717) is 10.8 Å². The molecule has 3 N–H and O–H groups in total. The molecule has 6 heteroatoms. The van der Waals surface area contributed by atoms with Crippen LogP contribution in [0.4, 0.5) is 5.82 Å². The van der Waals surface area contributed by atoms with Gasteiger partial charge in [0, 0.05) is 29.8 Å². The van der Waals surface area contributed by atoms with Gasteiger partial charge < -0.3 is 15.8 Å². The van der Waals surface area contributed by atoms with Crippen molar-refractivity contribution < 1.29 is 5.21 Å². The van der Waals surface area contributed by atoms with Crippen molar-refractivity contribution >= 4 is 23.4 Å². The Morgan fingerprint density at radius 2 is 2.39 bits per heavy atom. The van der Waals surface area contributed by atoms with Crippen LogP contribution < -0.4 is 10.6 Å². The third kappa shape index (κ3) is 2.69. The summed E-state index contributed by atoms with van der Waals surface area (Å²) >= 11 is 1.96. The van der Waals surface area contributed by atoms with Gasteiger partial charge in [-0.05, 0) is 19.1 Å². The van der Waals surface area contributed by atoms with Crippen LogP contribution in [0.25, 0.3) is 0 Å². The molecule has 0 aromatic carbocycles. The number of hydrogen-bond acceptors (Lipinski definition) is 5. The normalized spacial score (nSPS) is 21.1. The molecule has 18 heavy (non-hydrogen) atoms. The number of amidine groups is 1. The molecule has 1 unspecified atom stereocenters. The fourth-order valence-corrected chi connectivity index (χ4v) is 3.06. The Balaban J connectivity index is 2.38. The number of rotatable bonds is 2. The first kappa shape index (κ1) is 13.0. The van der Waals surface area contributed by atoms with E-state index >= 15 is 0 Å². The minimum Gasteiger partial charge on any atom is -0.409 e. The number of hydrogen-bond donors (Lipinski definition) is 2. The zero-order chi connectivity index (χ0) is 13.1. The predicted octanol–water partition coefficient (Wildman–Crippen LogP) is 1.43. The number of aromatic nitrogens is 1. The van der Waals surface area contributed by atoms with Crippen molar-refractivity contribution in [1.29, 1.82) is 0 Å². The van der Waals surface area contributed by atoms with Crippen molar-refractivity contribution in [3.8, 4) is 0 Å². The molecule has 5 nitrogen and oxygen atoms in total. The first-order valence-electron chi connectivity index (χ1n) is 5.94. The average molecular weight is 266 g/mol. The summed E-state index contributed by atoms with van der Waals surface area (Å²) in [5, 5.41) is 12.5. The Morgan fingerprint density at radius 1 is 1.61 bits per heavy atom. The molecule has 0 amide bonds. The van der Waals surface area contributed by atoms with Crippen molar-refractivity contribution in [3.05, 3.63) is 23.4 Å². The summed E-state index contributed by atoms with van der Waals surface area (Å²) in [7, 11) is 0. The predicted molar refractivity (Wildman–Crippen MR) is 75.6 cm³/mol. The van der Waals surface area contributed by atoms with E-state index in [1.54, 1.807) is 0 Å². The first-order valence-corrected chi connectivity index (χ1v) is 6.98. The standard InChI is InChI=1S/C12H18N4OS/c1-8-3-4-10(11(13)15-17)12(14-8)16-5-6-18-9(2)7-16/h3-4,9,17H,5-7H2,1-2H3,(H2,13,15). The van der Waals surface area contributed by atoms with Gasteiger partial charge in [0.2, 0.25) is 0 Å². The summed E-state index contributed by atoms with van der Waals surface area (Å²) in [4.78, 5) is 6.75. The summed E-state index contributed by atoms with van der Waals surface area (Å²) in [6.45, 7) is 6.03. The molecular formula is C12H18N4OS. The summed E-state index contributed by atoms with van der Waals surface area (Å²) in [5.41, 5.74) is 7.35. The van der Waals surface area contributed by atoms with Crippen molar-refractivity contribution in [3.63, 3.8) is 0 Å². The second-order valence-corrected chi connectivity index (χ2v) is 5.98. The third-order valence-electron chi connectivity index (χ3n) is 2.94. The first-order chi connectivity index (χ1) is 8.61. The van der Waals surface area contributed by atoms with Gasteiger partial charge in [-0.15, -0.1) is 0 Å². The summed E-state index contributed by atoms with van der Waals surface area (Å²) < 4.78 is 0. The molecule has 0 spiro atoms. The lowest BCUT2D eigenvalue weighted by Gasteiger charge is -2.32. The highest BCUT2D eigenvalue weighted by Gasteiger charge is 2.21. The lowest BCUT2D eigenvalue weighted by Crippen LogP contribution is -2.38. The van der Waals surface area contributed by atoms with E-state index in [9.17, 15) is 0 Å². The van der Waals surface area contributed by atoms with Crippen LogP contribution in [0.3, 0.4) is 0 Å². The van der Waals surface area contributed by atoms with Gasteiger partial charge in [-0.1, -0.05) is 12.1 Å². The Hall–Kier alpha value is -1.43. The van der Waals surface area contributed by atoms with Crippen LogP contribution in [0, 0.1) is 6.92 Å². The highest BCUT2D eigenvalue weighted by atomic mass is 32.2. The van der Waals surface area contributed by atoms with Crippen LogP contribution in [0.15, 0.2) is 17.3 Å². The van der Waals surface area contributed by atoms with Gasteiger partial charge in [0.15, 0.2) is 5.84 Å². The smallest absolute Gasteiger partial charge is 0.173 e. The van der Waals surface area contributed by atoms with Gasteiger partial charge in [0.05, 0.1) is 5.56 Å². The van der Waals surface area contributed by atoms with Crippen LogP contribution in [0.2, 0.25) is 0 Å². The zero-order valence-electron chi connectivity index (χ0n) is 10.6. The Morgan fingerprint density at radius 3 is 3.06 bits per heavy atom. The van der Waals surface area contributed by atoms with Gasteiger partial charge in [-0.2, -0.15) is 11.8 Å². The number of nitrogens with zero attached hydrogens (tertiary/aromatic N) is 3. The number of nitrogens with two attached hydrogens (primary N) is 1. The molecule has 98 valence electrons. The summed E-state index contributed by atoms with van der Waals surface area (Å²) in [5.74, 6) is 2.01. The molecule has 0 saturated carbocycles. The fraction of sp³-hybridized carbons (Fsp3) is 0.500. The lowest BCUT2D eigenvalue weighted by molar-refractivity contribution is 0.318. The van der Waals surface area contributed by atoms with Gasteiger partial charge in [-0.3, -0.25) is 0 Å². The average Bonchev–Trinajstić information content (AvgIpc) is 2.38. The van der Waals surface area contributed by atoms with Gasteiger partial charge in [0.25, 0.3) is 0 Å². The van der Waals surface area contributed by atoms with E-state index in [0.717, 1.165) is 30.4 Å². The maximum atomic E-state index is 8.84. The second kappa shape index (κ2) is 5.48. The highest BCUT2D eigenvalue weighted by molar-refractivity contribution is 8.00. The number of thioether (sulfide) groups is 1. The zero-order valence-corrected chi connectivity index (χ0v) is 11.4. The number of anilines is 1. The monoisotopic (exact) mass is 266 g/mol. The van der Waals surface area contributed by atoms with Gasteiger partial charge in [0.1, 0.15) is 5.82 Å². The largest absolute Gasteiger partial charge is 0.409 e. The lowest BCUT2D eigenvalue weighted by atomic mass is 10.2. The Labute approximate surface area is 111 Å². The fourth-order valence-electron chi connectivity index (χ4n) is 2.05. The van der Waals surface area contributed by atoms with E-state index in [2.05, 4.69) is 22.0 Å². The molecular weight excluding hydrogens is 248 g/mol. The van der Waals surface area contributed by atoms with Crippen LogP contribution >= 0.6 is 11.8 Å². The van der Waals surface area contributed by atoms with E-state index in [1.165, 1.54) is 0 Å². The molecule has 1 atom stereocenters. The van der Waals surface area contributed by atoms with E-state index in [4.69, 9.17) is 10.9 Å². The van der Waals surface area contributed by atoms with E-state index in [1.807, 2.05) is 30.8 Å².